The van der Waals surface area contributed by atoms with Crippen LogP contribution in [-0.2, 0) is 0 Å². The quantitative estimate of drug-likeness (QED) is 0.861. The molecule has 2 N–H and O–H groups in total. The number of methoxy groups -OCH3 is 1. The number of carbonyl (C=O) groups excluding carboxylic acids is 1. The molecule has 1 aromatic rings. The Hall–Kier alpha value is -1.62. The lowest BCUT2D eigenvalue weighted by Crippen LogP contribution is -2.37. The van der Waals surface area contributed by atoms with Crippen LogP contribution in [0.25, 0.3) is 0 Å². The number of hydrogen-bond donors (Lipinski definition) is 1. The third kappa shape index (κ3) is 3.42. The fourth-order valence-electron chi connectivity index (χ4n) is 1.52. The Morgan fingerprint density at radius 2 is 2.24 bits per heavy atom. The average molecular weight is 240 g/mol. The molecule has 0 spiro atoms. The molecule has 0 aliphatic rings. The van der Waals surface area contributed by atoms with Crippen LogP contribution in [0, 0.1) is 5.82 Å². The van der Waals surface area contributed by atoms with E-state index in [0.717, 1.165) is 0 Å². The molecule has 0 bridgehead atoms. The Kier molecular flexibility index (Phi) is 4.45. The van der Waals surface area contributed by atoms with Crippen LogP contribution in [0.3, 0.4) is 0 Å². The maximum absolute atomic E-state index is 13.6. The van der Waals surface area contributed by atoms with Crippen LogP contribution in [0.2, 0.25) is 0 Å². The van der Waals surface area contributed by atoms with Gasteiger partial charge in [0.2, 0.25) is 0 Å². The predicted octanol–water partition coefficient (Wildman–Crippen LogP) is 1.25. The lowest BCUT2D eigenvalue weighted by atomic mass is 10.1. The standard InChI is InChI=1S/C12H17FN2O2/c1-8(14)7-15(2)12(16)10-5-4-9(17-3)6-11(10)13/h4-6,8H,7,14H2,1-3H3. The van der Waals surface area contributed by atoms with Gasteiger partial charge < -0.3 is 15.4 Å². The van der Waals surface area contributed by atoms with E-state index in [1.807, 2.05) is 0 Å². The highest BCUT2D eigenvalue weighted by Crippen LogP contribution is 2.17. The summed E-state index contributed by atoms with van der Waals surface area (Å²) in [6.45, 7) is 2.17. The van der Waals surface area contributed by atoms with E-state index in [2.05, 4.69) is 0 Å². The number of benzene rings is 1. The number of carbonyl (C=O) groups is 1. The minimum atomic E-state index is -0.592. The second-order valence-electron chi connectivity index (χ2n) is 4.01. The lowest BCUT2D eigenvalue weighted by molar-refractivity contribution is 0.0784. The van der Waals surface area contributed by atoms with Crippen molar-refractivity contribution < 1.29 is 13.9 Å². The van der Waals surface area contributed by atoms with Crippen molar-refractivity contribution in [2.45, 2.75) is 13.0 Å². The number of rotatable bonds is 4. The first-order chi connectivity index (χ1) is 7.95. The van der Waals surface area contributed by atoms with Gasteiger partial charge in [-0.25, -0.2) is 4.39 Å². The second-order valence-corrected chi connectivity index (χ2v) is 4.01. The molecule has 5 heteroatoms. The van der Waals surface area contributed by atoms with Gasteiger partial charge in [-0.3, -0.25) is 4.79 Å². The molecule has 0 heterocycles. The second kappa shape index (κ2) is 5.63. The van der Waals surface area contributed by atoms with E-state index < -0.39 is 5.82 Å². The normalized spacial score (nSPS) is 12.1. The van der Waals surface area contributed by atoms with Crippen molar-refractivity contribution in [3.8, 4) is 5.75 Å². The zero-order valence-electron chi connectivity index (χ0n) is 10.2. The summed E-state index contributed by atoms with van der Waals surface area (Å²) in [6, 6.07) is 4.00. The molecule has 0 saturated heterocycles. The minimum absolute atomic E-state index is 0.0222. The SMILES string of the molecule is COc1ccc(C(=O)N(C)CC(C)N)c(F)c1. The summed E-state index contributed by atoms with van der Waals surface area (Å²) >= 11 is 0. The molecule has 0 aliphatic heterocycles. The summed E-state index contributed by atoms with van der Waals surface area (Å²) in [5.41, 5.74) is 5.61. The summed E-state index contributed by atoms with van der Waals surface area (Å²) in [4.78, 5) is 13.3. The van der Waals surface area contributed by atoms with Gasteiger partial charge in [-0.2, -0.15) is 0 Å². The van der Waals surface area contributed by atoms with Crippen molar-refractivity contribution in [3.63, 3.8) is 0 Å². The third-order valence-electron chi connectivity index (χ3n) is 2.32. The zero-order chi connectivity index (χ0) is 13.0. The molecular weight excluding hydrogens is 223 g/mol. The Balaban J connectivity index is 2.89. The number of halogens is 1. The first-order valence-electron chi connectivity index (χ1n) is 5.30. The molecule has 17 heavy (non-hydrogen) atoms. The van der Waals surface area contributed by atoms with Gasteiger partial charge in [0.25, 0.3) is 5.91 Å². The summed E-state index contributed by atoms with van der Waals surface area (Å²) in [6.07, 6.45) is 0. The predicted molar refractivity (Wildman–Crippen MR) is 63.6 cm³/mol. The van der Waals surface area contributed by atoms with Crippen LogP contribution in [0.15, 0.2) is 18.2 Å². The topological polar surface area (TPSA) is 55.6 Å². The van der Waals surface area contributed by atoms with Crippen LogP contribution in [-0.4, -0.2) is 37.6 Å². The highest BCUT2D eigenvalue weighted by molar-refractivity contribution is 5.94. The van der Waals surface area contributed by atoms with Gasteiger partial charge in [-0.1, -0.05) is 0 Å². The van der Waals surface area contributed by atoms with Gasteiger partial charge in [0.05, 0.1) is 12.7 Å². The number of ether oxygens (including phenoxy) is 1. The van der Waals surface area contributed by atoms with Crippen LogP contribution >= 0.6 is 0 Å². The molecule has 0 radical (unpaired) electrons. The van der Waals surface area contributed by atoms with E-state index in [1.165, 1.54) is 24.1 Å². The van der Waals surface area contributed by atoms with Crippen molar-refractivity contribution >= 4 is 5.91 Å². The first kappa shape index (κ1) is 13.4. The fraction of sp³-hybridized carbons (Fsp3) is 0.417. The van der Waals surface area contributed by atoms with E-state index in [1.54, 1.807) is 20.0 Å². The molecular formula is C12H17FN2O2. The maximum atomic E-state index is 13.6. The van der Waals surface area contributed by atoms with Gasteiger partial charge in [0.15, 0.2) is 0 Å². The smallest absolute Gasteiger partial charge is 0.256 e. The van der Waals surface area contributed by atoms with E-state index in [-0.39, 0.29) is 17.5 Å². The zero-order valence-corrected chi connectivity index (χ0v) is 10.2. The van der Waals surface area contributed by atoms with Crippen molar-refractivity contribution in [1.82, 2.24) is 4.90 Å². The molecule has 1 atom stereocenters. The molecule has 1 rings (SSSR count). The lowest BCUT2D eigenvalue weighted by Gasteiger charge is -2.19. The van der Waals surface area contributed by atoms with Gasteiger partial charge in [-0.05, 0) is 19.1 Å². The summed E-state index contributed by atoms with van der Waals surface area (Å²) in [5, 5.41) is 0. The molecule has 0 aromatic heterocycles. The first-order valence-corrected chi connectivity index (χ1v) is 5.30. The van der Waals surface area contributed by atoms with Crippen LogP contribution < -0.4 is 10.5 Å². The molecule has 0 saturated carbocycles. The number of nitrogens with two attached hydrogens (primary N) is 1. The van der Waals surface area contributed by atoms with Gasteiger partial charge in [0.1, 0.15) is 11.6 Å². The van der Waals surface area contributed by atoms with Crippen molar-refractivity contribution in [2.24, 2.45) is 5.73 Å². The van der Waals surface area contributed by atoms with E-state index in [9.17, 15) is 9.18 Å². The van der Waals surface area contributed by atoms with Gasteiger partial charge in [0, 0.05) is 25.7 Å². The van der Waals surface area contributed by atoms with Crippen LogP contribution in [0.4, 0.5) is 4.39 Å². The molecule has 1 unspecified atom stereocenters. The van der Waals surface area contributed by atoms with Crippen molar-refractivity contribution in [1.29, 1.82) is 0 Å². The number of nitrogens with zero attached hydrogens (tertiary/aromatic N) is 1. The Bertz CT molecular complexity index is 407. The van der Waals surface area contributed by atoms with E-state index in [4.69, 9.17) is 10.5 Å². The number of hydrogen-bond acceptors (Lipinski definition) is 3. The summed E-state index contributed by atoms with van der Waals surface area (Å²) in [5.74, 6) is -0.595. The molecule has 0 aliphatic carbocycles. The fourth-order valence-corrected chi connectivity index (χ4v) is 1.52. The Morgan fingerprint density at radius 1 is 1.59 bits per heavy atom. The maximum Gasteiger partial charge on any atom is 0.256 e. The minimum Gasteiger partial charge on any atom is -0.497 e. The van der Waals surface area contributed by atoms with Gasteiger partial charge in [-0.15, -0.1) is 0 Å². The summed E-state index contributed by atoms with van der Waals surface area (Å²) < 4.78 is 18.5. The number of likely N-dealkylation sites (N-methyl/N-ethyl adjacent to an activating group) is 1. The molecule has 4 nitrogen and oxygen atoms in total. The van der Waals surface area contributed by atoms with Gasteiger partial charge >= 0.3 is 0 Å². The molecule has 0 fully saturated rings. The number of amides is 1. The van der Waals surface area contributed by atoms with E-state index >= 15 is 0 Å². The van der Waals surface area contributed by atoms with E-state index in [0.29, 0.717) is 12.3 Å². The molecule has 94 valence electrons. The van der Waals surface area contributed by atoms with Crippen molar-refractivity contribution in [3.05, 3.63) is 29.6 Å². The van der Waals surface area contributed by atoms with Crippen LogP contribution in [0.5, 0.6) is 5.75 Å². The third-order valence-corrected chi connectivity index (χ3v) is 2.32. The monoisotopic (exact) mass is 240 g/mol. The summed E-state index contributed by atoms with van der Waals surface area (Å²) in [7, 11) is 3.04. The van der Waals surface area contributed by atoms with Crippen LogP contribution in [0.1, 0.15) is 17.3 Å². The highest BCUT2D eigenvalue weighted by atomic mass is 19.1. The highest BCUT2D eigenvalue weighted by Gasteiger charge is 2.17. The molecule has 1 amide bonds. The average Bonchev–Trinajstić information content (AvgIpc) is 2.27. The Morgan fingerprint density at radius 3 is 2.71 bits per heavy atom. The Labute approximate surface area is 100 Å². The molecule has 1 aromatic carbocycles. The largest absolute Gasteiger partial charge is 0.497 e. The van der Waals surface area contributed by atoms with Crippen molar-refractivity contribution in [2.75, 3.05) is 20.7 Å².